The molecule has 18 heavy (non-hydrogen) atoms. The molecule has 0 fully saturated rings. The van der Waals surface area contributed by atoms with E-state index in [1.54, 1.807) is 13.0 Å². The summed E-state index contributed by atoms with van der Waals surface area (Å²) in [6.45, 7) is 1.72. The third-order valence-corrected chi connectivity index (χ3v) is 2.52. The lowest BCUT2D eigenvalue weighted by Gasteiger charge is -2.05. The predicted molar refractivity (Wildman–Crippen MR) is 67.8 cm³/mol. The van der Waals surface area contributed by atoms with Crippen molar-refractivity contribution < 1.29 is 9.90 Å². The zero-order valence-corrected chi connectivity index (χ0v) is 10.3. The number of anilines is 1. The average Bonchev–Trinajstić information content (AvgIpc) is 2.35. The number of aromatic hydroxyl groups is 1. The molecular weight excluding hydrogens is 254 g/mol. The largest absolute Gasteiger partial charge is 0.508 e. The maximum Gasteiger partial charge on any atom is 0.256 e. The van der Waals surface area contributed by atoms with Crippen LogP contribution in [0.15, 0.2) is 30.6 Å². The van der Waals surface area contributed by atoms with Crippen molar-refractivity contribution in [1.82, 2.24) is 9.97 Å². The number of amides is 1. The van der Waals surface area contributed by atoms with Crippen molar-refractivity contribution in [3.05, 3.63) is 46.9 Å². The molecule has 0 saturated heterocycles. The van der Waals surface area contributed by atoms with Crippen molar-refractivity contribution in [3.63, 3.8) is 0 Å². The number of benzene rings is 1. The molecule has 0 aliphatic carbocycles. The van der Waals surface area contributed by atoms with Crippen molar-refractivity contribution >= 4 is 23.3 Å². The maximum absolute atomic E-state index is 11.9. The first-order valence-corrected chi connectivity index (χ1v) is 5.52. The van der Waals surface area contributed by atoms with Crippen LogP contribution in [0.3, 0.4) is 0 Å². The van der Waals surface area contributed by atoms with Crippen molar-refractivity contribution in [2.45, 2.75) is 6.92 Å². The fourth-order valence-electron chi connectivity index (χ4n) is 1.36. The summed E-state index contributed by atoms with van der Waals surface area (Å²) in [5.74, 6) is 0.141. The minimum Gasteiger partial charge on any atom is -0.508 e. The van der Waals surface area contributed by atoms with Gasteiger partial charge in [0.15, 0.2) is 5.82 Å². The number of aryl methyl sites for hydroxylation is 1. The first-order chi connectivity index (χ1) is 8.56. The Morgan fingerprint density at radius 1 is 1.33 bits per heavy atom. The fraction of sp³-hybridized carbons (Fsp3) is 0.0833. The second-order valence-corrected chi connectivity index (χ2v) is 4.07. The topological polar surface area (TPSA) is 75.1 Å². The first kappa shape index (κ1) is 12.3. The molecule has 0 aliphatic rings. The zero-order chi connectivity index (χ0) is 13.1. The molecule has 0 aliphatic heterocycles. The highest BCUT2D eigenvalue weighted by atomic mass is 35.5. The molecule has 0 bridgehead atoms. The van der Waals surface area contributed by atoms with Gasteiger partial charge in [-0.2, -0.15) is 0 Å². The quantitative estimate of drug-likeness (QED) is 0.872. The molecule has 1 aromatic carbocycles. The monoisotopic (exact) mass is 263 g/mol. The molecular formula is C12H10ClN3O2. The molecule has 0 radical (unpaired) electrons. The average molecular weight is 264 g/mol. The minimum absolute atomic E-state index is 0.151. The van der Waals surface area contributed by atoms with Gasteiger partial charge in [-0.25, -0.2) is 9.97 Å². The molecule has 0 atom stereocenters. The van der Waals surface area contributed by atoms with Crippen LogP contribution in [-0.4, -0.2) is 21.0 Å². The van der Waals surface area contributed by atoms with Gasteiger partial charge in [-0.3, -0.25) is 4.79 Å². The molecule has 6 heteroatoms. The lowest BCUT2D eigenvalue weighted by Crippen LogP contribution is -2.13. The lowest BCUT2D eigenvalue weighted by atomic mass is 10.1. The van der Waals surface area contributed by atoms with E-state index in [9.17, 15) is 9.90 Å². The summed E-state index contributed by atoms with van der Waals surface area (Å²) in [6.07, 6.45) is 2.72. The molecule has 92 valence electrons. The summed E-state index contributed by atoms with van der Waals surface area (Å²) in [5, 5.41) is 12.2. The van der Waals surface area contributed by atoms with Gasteiger partial charge in [-0.05, 0) is 30.7 Å². The van der Waals surface area contributed by atoms with Crippen LogP contribution in [0.1, 0.15) is 15.9 Å². The van der Waals surface area contributed by atoms with Gasteiger partial charge in [0.05, 0.1) is 12.4 Å². The Balaban J connectivity index is 2.16. The van der Waals surface area contributed by atoms with Gasteiger partial charge < -0.3 is 10.4 Å². The summed E-state index contributed by atoms with van der Waals surface area (Å²) in [5.41, 5.74) is 1.06. The standard InChI is InChI=1S/C12H10ClN3O2/c1-7-4-8(2-3-9(7)17)12(18)16-11-6-14-10(13)5-15-11/h2-6,17H,1H3,(H,15,16,18). The van der Waals surface area contributed by atoms with E-state index < -0.39 is 0 Å². The number of hydrogen-bond donors (Lipinski definition) is 2. The highest BCUT2D eigenvalue weighted by molar-refractivity contribution is 6.29. The molecule has 0 saturated carbocycles. The number of aromatic nitrogens is 2. The van der Waals surface area contributed by atoms with Gasteiger partial charge in [-0.1, -0.05) is 11.6 Å². The first-order valence-electron chi connectivity index (χ1n) is 5.15. The third-order valence-electron chi connectivity index (χ3n) is 2.32. The number of phenols is 1. The molecule has 0 spiro atoms. The fourth-order valence-corrected chi connectivity index (χ4v) is 1.46. The van der Waals surface area contributed by atoms with E-state index >= 15 is 0 Å². The number of hydrogen-bond acceptors (Lipinski definition) is 4. The van der Waals surface area contributed by atoms with Crippen LogP contribution in [0.5, 0.6) is 5.75 Å². The second kappa shape index (κ2) is 5.01. The molecule has 5 nitrogen and oxygen atoms in total. The predicted octanol–water partition coefficient (Wildman–Crippen LogP) is 2.40. The molecule has 2 aromatic rings. The van der Waals surface area contributed by atoms with Crippen molar-refractivity contribution in [3.8, 4) is 5.75 Å². The van der Waals surface area contributed by atoms with Gasteiger partial charge in [-0.15, -0.1) is 0 Å². The summed E-state index contributed by atoms with van der Waals surface area (Å²) >= 11 is 5.59. The molecule has 2 rings (SSSR count). The summed E-state index contributed by atoms with van der Waals surface area (Å²) in [7, 11) is 0. The van der Waals surface area contributed by atoms with Crippen LogP contribution >= 0.6 is 11.6 Å². The van der Waals surface area contributed by atoms with Crippen LogP contribution in [0.25, 0.3) is 0 Å². The zero-order valence-electron chi connectivity index (χ0n) is 9.51. The summed E-state index contributed by atoms with van der Waals surface area (Å²) < 4.78 is 0. The number of phenolic OH excluding ortho intramolecular Hbond substituents is 1. The Morgan fingerprint density at radius 2 is 2.11 bits per heavy atom. The highest BCUT2D eigenvalue weighted by Gasteiger charge is 2.08. The van der Waals surface area contributed by atoms with Gasteiger partial charge in [0.25, 0.3) is 5.91 Å². The van der Waals surface area contributed by atoms with E-state index in [4.69, 9.17) is 11.6 Å². The SMILES string of the molecule is Cc1cc(C(=O)Nc2cnc(Cl)cn2)ccc1O. The van der Waals surface area contributed by atoms with Crippen LogP contribution in [0.2, 0.25) is 5.15 Å². The number of carbonyl (C=O) groups is 1. The van der Waals surface area contributed by atoms with Gasteiger partial charge >= 0.3 is 0 Å². The van der Waals surface area contributed by atoms with E-state index in [1.807, 2.05) is 0 Å². The van der Waals surface area contributed by atoms with Crippen molar-refractivity contribution in [1.29, 1.82) is 0 Å². The molecule has 2 N–H and O–H groups in total. The lowest BCUT2D eigenvalue weighted by molar-refractivity contribution is 0.102. The van der Waals surface area contributed by atoms with Gasteiger partial charge in [0, 0.05) is 5.56 Å². The van der Waals surface area contributed by atoms with Crippen LogP contribution in [0.4, 0.5) is 5.82 Å². The Kier molecular flexibility index (Phi) is 3.43. The van der Waals surface area contributed by atoms with E-state index in [-0.39, 0.29) is 16.8 Å². The van der Waals surface area contributed by atoms with Crippen molar-refractivity contribution in [2.75, 3.05) is 5.32 Å². The van der Waals surface area contributed by atoms with Gasteiger partial charge in [0.2, 0.25) is 0 Å². The van der Waals surface area contributed by atoms with Gasteiger partial charge in [0.1, 0.15) is 10.9 Å². The summed E-state index contributed by atoms with van der Waals surface area (Å²) in [6, 6.07) is 4.59. The summed E-state index contributed by atoms with van der Waals surface area (Å²) in [4.78, 5) is 19.6. The van der Waals surface area contributed by atoms with E-state index in [0.29, 0.717) is 16.9 Å². The number of nitrogens with zero attached hydrogens (tertiary/aromatic N) is 2. The Hall–Kier alpha value is -2.14. The second-order valence-electron chi connectivity index (χ2n) is 3.68. The number of nitrogens with one attached hydrogen (secondary N) is 1. The number of rotatable bonds is 2. The molecule has 1 aromatic heterocycles. The van der Waals surface area contributed by atoms with Crippen molar-refractivity contribution in [2.24, 2.45) is 0 Å². The smallest absolute Gasteiger partial charge is 0.256 e. The van der Waals surface area contributed by atoms with Crippen LogP contribution in [0, 0.1) is 6.92 Å². The molecule has 0 unspecified atom stereocenters. The number of halogens is 1. The third kappa shape index (κ3) is 2.75. The van der Waals surface area contributed by atoms with E-state index in [1.165, 1.54) is 24.5 Å². The van der Waals surface area contributed by atoms with E-state index in [0.717, 1.165) is 0 Å². The number of carbonyl (C=O) groups excluding carboxylic acids is 1. The highest BCUT2D eigenvalue weighted by Crippen LogP contribution is 2.17. The Labute approximate surface area is 108 Å². The Bertz CT molecular complexity index is 584. The van der Waals surface area contributed by atoms with E-state index in [2.05, 4.69) is 15.3 Å². The Morgan fingerprint density at radius 3 is 2.72 bits per heavy atom. The molecule has 1 heterocycles. The molecule has 1 amide bonds. The van der Waals surface area contributed by atoms with Crippen LogP contribution < -0.4 is 5.32 Å². The minimum atomic E-state index is -0.324. The maximum atomic E-state index is 11.9. The van der Waals surface area contributed by atoms with Crippen LogP contribution in [-0.2, 0) is 0 Å². The normalized spacial score (nSPS) is 10.1.